The van der Waals surface area contributed by atoms with Crippen LogP contribution in [0.4, 0.5) is 5.69 Å². The topological polar surface area (TPSA) is 123 Å². The fourth-order valence-corrected chi connectivity index (χ4v) is 6.75. The van der Waals surface area contributed by atoms with E-state index in [-0.39, 0.29) is 43.1 Å². The minimum Gasteiger partial charge on any atom is -0.453 e. The van der Waals surface area contributed by atoms with Crippen molar-refractivity contribution >= 4 is 35.2 Å². The standard InChI is InChI=1S/C39H42N2O7S/c1-24-36(23-49-35-17-15-34(16-18-35)41-26(3)43)47-39(48-37(24)30-13-11-28(22-42)12-14-30)33-10-6-9-32(20-33)31-8-5-7-29(19-31)21-40-38(45)25(2)46-27(4)44/h5-20,24-25,36-37,39,42H,21-23H2,1-4H3,(H,40,45)(H,41,43)/t24-,25-,36+,37+,39+/m0/s1. The predicted octanol–water partition coefficient (Wildman–Crippen LogP) is 6.96. The Kier molecular flexibility index (Phi) is 12.2. The highest BCUT2D eigenvalue weighted by atomic mass is 32.2. The van der Waals surface area contributed by atoms with Crippen molar-refractivity contribution in [1.82, 2.24) is 5.32 Å². The monoisotopic (exact) mass is 682 g/mol. The molecule has 2 amide bonds. The second kappa shape index (κ2) is 16.8. The number of carbonyl (C=O) groups is 3. The van der Waals surface area contributed by atoms with Crippen LogP contribution in [0.1, 0.15) is 62.3 Å². The Morgan fingerprint density at radius 3 is 2.22 bits per heavy atom. The van der Waals surface area contributed by atoms with Gasteiger partial charge in [0.25, 0.3) is 5.91 Å². The highest BCUT2D eigenvalue weighted by molar-refractivity contribution is 7.99. The summed E-state index contributed by atoms with van der Waals surface area (Å²) in [6.07, 6.45) is -1.89. The van der Waals surface area contributed by atoms with Crippen LogP contribution in [0.5, 0.6) is 0 Å². The average molecular weight is 683 g/mol. The van der Waals surface area contributed by atoms with Crippen LogP contribution < -0.4 is 10.6 Å². The van der Waals surface area contributed by atoms with Crippen molar-refractivity contribution in [3.05, 3.63) is 119 Å². The Hall–Kier alpha value is -4.48. The Balaban J connectivity index is 1.35. The van der Waals surface area contributed by atoms with Gasteiger partial charge in [-0.15, -0.1) is 11.8 Å². The van der Waals surface area contributed by atoms with Crippen LogP contribution in [0.25, 0.3) is 11.1 Å². The molecule has 49 heavy (non-hydrogen) atoms. The van der Waals surface area contributed by atoms with Crippen LogP contribution in [0.3, 0.4) is 0 Å². The minimum absolute atomic E-state index is 0.0269. The molecule has 0 aliphatic carbocycles. The Labute approximate surface area is 291 Å². The SMILES string of the molecule is CC(=O)Nc1ccc(SC[C@H]2O[C@@H](c3cccc(-c4cccc(CNC(=O)[C@H](C)OC(C)=O)c4)c3)O[C@@H](c3ccc(CO)cc3)[C@H]2C)cc1. The highest BCUT2D eigenvalue weighted by Crippen LogP contribution is 2.43. The van der Waals surface area contributed by atoms with E-state index in [1.165, 1.54) is 13.8 Å². The van der Waals surface area contributed by atoms with E-state index < -0.39 is 18.4 Å². The summed E-state index contributed by atoms with van der Waals surface area (Å²) in [7, 11) is 0. The zero-order chi connectivity index (χ0) is 34.9. The second-order valence-corrected chi connectivity index (χ2v) is 13.2. The molecule has 10 heteroatoms. The van der Waals surface area contributed by atoms with Gasteiger partial charge in [0, 0.05) is 48.2 Å². The van der Waals surface area contributed by atoms with Crippen molar-refractivity contribution in [2.75, 3.05) is 11.1 Å². The normalized spacial score (nSPS) is 19.4. The molecule has 4 aromatic rings. The van der Waals surface area contributed by atoms with Gasteiger partial charge >= 0.3 is 5.97 Å². The number of hydrogen-bond acceptors (Lipinski definition) is 8. The number of anilines is 1. The summed E-state index contributed by atoms with van der Waals surface area (Å²) >= 11 is 1.69. The van der Waals surface area contributed by atoms with Crippen molar-refractivity contribution in [3.8, 4) is 11.1 Å². The van der Waals surface area contributed by atoms with Crippen LogP contribution in [-0.4, -0.2) is 40.9 Å². The maximum absolute atomic E-state index is 12.4. The molecule has 3 N–H and O–H groups in total. The third kappa shape index (κ3) is 9.79. The molecule has 0 spiro atoms. The number of hydrogen-bond donors (Lipinski definition) is 3. The summed E-state index contributed by atoms with van der Waals surface area (Å²) in [5, 5.41) is 15.2. The molecule has 256 valence electrons. The van der Waals surface area contributed by atoms with Crippen molar-refractivity contribution in [1.29, 1.82) is 0 Å². The van der Waals surface area contributed by atoms with Gasteiger partial charge in [-0.1, -0.05) is 67.6 Å². The summed E-state index contributed by atoms with van der Waals surface area (Å²) in [5.41, 5.74) is 6.33. The minimum atomic E-state index is -0.871. The Morgan fingerprint density at radius 2 is 1.55 bits per heavy atom. The van der Waals surface area contributed by atoms with E-state index in [1.54, 1.807) is 18.7 Å². The first kappa shape index (κ1) is 35.8. The van der Waals surface area contributed by atoms with E-state index in [1.807, 2.05) is 91.0 Å². The van der Waals surface area contributed by atoms with Crippen molar-refractivity contribution in [2.45, 2.75) is 70.3 Å². The number of aliphatic hydroxyl groups excluding tert-OH is 1. The number of thioether (sulfide) groups is 1. The number of benzene rings is 4. The Bertz CT molecular complexity index is 1750. The molecule has 5 rings (SSSR count). The van der Waals surface area contributed by atoms with Gasteiger partial charge in [0.1, 0.15) is 0 Å². The van der Waals surface area contributed by atoms with Gasteiger partial charge in [0.05, 0.1) is 18.8 Å². The van der Waals surface area contributed by atoms with Crippen LogP contribution in [0.15, 0.2) is 102 Å². The molecule has 9 nitrogen and oxygen atoms in total. The first-order chi connectivity index (χ1) is 23.6. The highest BCUT2D eigenvalue weighted by Gasteiger charge is 2.38. The number of aliphatic hydroxyl groups is 1. The van der Waals surface area contributed by atoms with Crippen LogP contribution in [0.2, 0.25) is 0 Å². The van der Waals surface area contributed by atoms with E-state index in [2.05, 4.69) is 23.6 Å². The zero-order valence-corrected chi connectivity index (χ0v) is 28.9. The number of carbonyl (C=O) groups excluding carboxylic acids is 3. The van der Waals surface area contributed by atoms with E-state index in [0.29, 0.717) is 5.75 Å². The van der Waals surface area contributed by atoms with E-state index in [0.717, 1.165) is 44.0 Å². The van der Waals surface area contributed by atoms with Crippen LogP contribution in [-0.2, 0) is 41.7 Å². The van der Waals surface area contributed by atoms with Gasteiger partial charge in [-0.2, -0.15) is 0 Å². The number of ether oxygens (including phenoxy) is 3. The van der Waals surface area contributed by atoms with Gasteiger partial charge in [0.2, 0.25) is 5.91 Å². The van der Waals surface area contributed by atoms with Crippen molar-refractivity contribution in [2.24, 2.45) is 5.92 Å². The lowest BCUT2D eigenvalue weighted by molar-refractivity contribution is -0.268. The molecular formula is C39H42N2O7S. The van der Waals surface area contributed by atoms with Gasteiger partial charge in [-0.05, 0) is 71.1 Å². The molecule has 1 saturated heterocycles. The molecule has 0 aromatic heterocycles. The van der Waals surface area contributed by atoms with Gasteiger partial charge in [-0.25, -0.2) is 0 Å². The van der Waals surface area contributed by atoms with E-state index in [4.69, 9.17) is 14.2 Å². The summed E-state index contributed by atoms with van der Waals surface area (Å²) in [4.78, 5) is 36.1. The summed E-state index contributed by atoms with van der Waals surface area (Å²) in [6, 6.07) is 31.6. The van der Waals surface area contributed by atoms with Crippen molar-refractivity contribution in [3.63, 3.8) is 0 Å². The maximum Gasteiger partial charge on any atom is 0.303 e. The fraction of sp³-hybridized carbons (Fsp3) is 0.308. The molecule has 1 aliphatic heterocycles. The van der Waals surface area contributed by atoms with E-state index >= 15 is 0 Å². The number of esters is 1. The maximum atomic E-state index is 12.4. The van der Waals surface area contributed by atoms with Crippen LogP contribution >= 0.6 is 11.8 Å². The lowest BCUT2D eigenvalue weighted by Gasteiger charge is -2.41. The van der Waals surface area contributed by atoms with Gasteiger partial charge < -0.3 is 30.0 Å². The van der Waals surface area contributed by atoms with Gasteiger partial charge in [0.15, 0.2) is 12.4 Å². The molecule has 4 aromatic carbocycles. The molecule has 1 heterocycles. The average Bonchev–Trinajstić information content (AvgIpc) is 3.10. The summed E-state index contributed by atoms with van der Waals surface area (Å²) in [6.45, 7) is 6.70. The smallest absolute Gasteiger partial charge is 0.303 e. The fourth-order valence-electron chi connectivity index (χ4n) is 5.69. The summed E-state index contributed by atoms with van der Waals surface area (Å²) < 4.78 is 18.4. The summed E-state index contributed by atoms with van der Waals surface area (Å²) in [5.74, 6) is -0.257. The number of amides is 2. The first-order valence-corrected chi connectivity index (χ1v) is 17.2. The van der Waals surface area contributed by atoms with Crippen molar-refractivity contribution < 1.29 is 33.7 Å². The number of rotatable bonds is 12. The molecule has 1 fully saturated rings. The van der Waals surface area contributed by atoms with E-state index in [9.17, 15) is 19.5 Å². The molecule has 1 aliphatic rings. The zero-order valence-electron chi connectivity index (χ0n) is 28.1. The molecule has 0 saturated carbocycles. The second-order valence-electron chi connectivity index (χ2n) is 12.1. The third-order valence-electron chi connectivity index (χ3n) is 8.31. The molecule has 0 bridgehead atoms. The molecule has 0 unspecified atom stereocenters. The largest absolute Gasteiger partial charge is 0.453 e. The quantitative estimate of drug-likeness (QED) is 0.108. The first-order valence-electron chi connectivity index (χ1n) is 16.2. The molecule has 5 atom stereocenters. The Morgan fingerprint density at radius 1 is 0.857 bits per heavy atom. The van der Waals surface area contributed by atoms with Crippen LogP contribution in [0, 0.1) is 5.92 Å². The lowest BCUT2D eigenvalue weighted by Crippen LogP contribution is -2.38. The van der Waals surface area contributed by atoms with Gasteiger partial charge in [-0.3, -0.25) is 14.4 Å². The predicted molar refractivity (Wildman–Crippen MR) is 189 cm³/mol. The number of nitrogens with one attached hydrogen (secondary N) is 2. The lowest BCUT2D eigenvalue weighted by atomic mass is 9.91. The molecule has 0 radical (unpaired) electrons. The molecular weight excluding hydrogens is 641 g/mol. The third-order valence-corrected chi connectivity index (χ3v) is 9.41.